The number of anilines is 1. The molecule has 2 unspecified atom stereocenters. The third-order valence-electron chi connectivity index (χ3n) is 6.18. The van der Waals surface area contributed by atoms with Crippen molar-refractivity contribution in [2.75, 3.05) is 24.6 Å². The number of nitrogens with zero attached hydrogens (tertiary/aromatic N) is 4. The van der Waals surface area contributed by atoms with Crippen LogP contribution in [0.1, 0.15) is 25.5 Å². The normalized spacial score (nSPS) is 16.5. The van der Waals surface area contributed by atoms with Crippen molar-refractivity contribution in [2.24, 2.45) is 5.41 Å². The number of pyridine rings is 2. The van der Waals surface area contributed by atoms with Gasteiger partial charge in [-0.05, 0) is 37.3 Å². The standard InChI is InChI=1S/C24H24Cl2N5O4P/c1-14(22-18(25)9-27-10-19(22)26)35-16-4-5-20-17(7-16)23(30-29-20)15-3-6-21(28-8-15)31-11-24(2,12-31)13-34-36(32)33/h3-10,14,36H,11-13H2,1-2H3,(H,29,30)(H,32,33). The van der Waals surface area contributed by atoms with E-state index in [-0.39, 0.29) is 18.1 Å². The summed E-state index contributed by atoms with van der Waals surface area (Å²) in [6.07, 6.45) is 4.50. The van der Waals surface area contributed by atoms with Crippen molar-refractivity contribution in [1.82, 2.24) is 20.2 Å². The number of fused-ring (bicyclic) bond motifs is 1. The van der Waals surface area contributed by atoms with Crippen LogP contribution in [-0.2, 0) is 9.09 Å². The zero-order chi connectivity index (χ0) is 25.4. The summed E-state index contributed by atoms with van der Waals surface area (Å²) < 4.78 is 21.9. The third-order valence-corrected chi connectivity index (χ3v) is 7.17. The van der Waals surface area contributed by atoms with Crippen LogP contribution in [0.3, 0.4) is 0 Å². The summed E-state index contributed by atoms with van der Waals surface area (Å²) in [7, 11) is -2.92. The van der Waals surface area contributed by atoms with Crippen LogP contribution in [0.15, 0.2) is 48.9 Å². The summed E-state index contributed by atoms with van der Waals surface area (Å²) in [5.41, 5.74) is 3.01. The van der Waals surface area contributed by atoms with Gasteiger partial charge in [-0.25, -0.2) is 4.98 Å². The Morgan fingerprint density at radius 2 is 1.94 bits per heavy atom. The fourth-order valence-corrected chi connectivity index (χ4v) is 5.58. The summed E-state index contributed by atoms with van der Waals surface area (Å²) in [4.78, 5) is 19.6. The maximum absolute atomic E-state index is 10.9. The number of aromatic nitrogens is 4. The number of hydrogen-bond donors (Lipinski definition) is 2. The van der Waals surface area contributed by atoms with E-state index in [1.807, 2.05) is 44.2 Å². The highest BCUT2D eigenvalue weighted by atomic mass is 35.5. The van der Waals surface area contributed by atoms with Crippen molar-refractivity contribution in [3.63, 3.8) is 0 Å². The van der Waals surface area contributed by atoms with E-state index in [4.69, 9.17) is 37.4 Å². The molecule has 2 atom stereocenters. The van der Waals surface area contributed by atoms with E-state index in [1.54, 1.807) is 18.6 Å². The highest BCUT2D eigenvalue weighted by molar-refractivity contribution is 7.32. The van der Waals surface area contributed by atoms with Gasteiger partial charge in [-0.1, -0.05) is 30.1 Å². The zero-order valence-electron chi connectivity index (χ0n) is 19.5. The Morgan fingerprint density at radius 3 is 2.61 bits per heavy atom. The van der Waals surface area contributed by atoms with Crippen LogP contribution in [0.5, 0.6) is 5.75 Å². The molecule has 12 heteroatoms. The van der Waals surface area contributed by atoms with Crippen LogP contribution in [0.25, 0.3) is 22.2 Å². The first-order valence-electron chi connectivity index (χ1n) is 11.2. The number of aromatic amines is 1. The topological polar surface area (TPSA) is 113 Å². The molecule has 0 bridgehead atoms. The quantitative estimate of drug-likeness (QED) is 0.270. The number of rotatable bonds is 8. The molecular formula is C24H24Cl2N5O4P. The summed E-state index contributed by atoms with van der Waals surface area (Å²) >= 11 is 12.6. The number of halogens is 2. The van der Waals surface area contributed by atoms with Gasteiger partial charge in [-0.3, -0.25) is 14.6 Å². The Bertz CT molecular complexity index is 1410. The molecule has 4 heterocycles. The molecule has 0 spiro atoms. The number of H-pyrrole nitrogens is 1. The summed E-state index contributed by atoms with van der Waals surface area (Å²) in [5, 5.41) is 9.35. The summed E-state index contributed by atoms with van der Waals surface area (Å²) in [6.45, 7) is 5.55. The second-order valence-corrected chi connectivity index (χ2v) is 10.8. The largest absolute Gasteiger partial charge is 0.486 e. The molecule has 1 saturated heterocycles. The molecule has 3 aromatic heterocycles. The van der Waals surface area contributed by atoms with E-state index >= 15 is 0 Å². The van der Waals surface area contributed by atoms with Gasteiger partial charge >= 0.3 is 8.25 Å². The van der Waals surface area contributed by atoms with E-state index in [2.05, 4.69) is 25.1 Å². The molecule has 9 nitrogen and oxygen atoms in total. The van der Waals surface area contributed by atoms with Gasteiger partial charge in [0.05, 0.1) is 22.2 Å². The van der Waals surface area contributed by atoms with Gasteiger partial charge in [-0.15, -0.1) is 0 Å². The van der Waals surface area contributed by atoms with Crippen LogP contribution in [-0.4, -0.2) is 44.8 Å². The molecule has 5 rings (SSSR count). The molecule has 0 radical (unpaired) electrons. The summed E-state index contributed by atoms with van der Waals surface area (Å²) in [6, 6.07) is 9.62. The molecule has 188 valence electrons. The lowest BCUT2D eigenvalue weighted by atomic mass is 9.83. The average Bonchev–Trinajstić information content (AvgIpc) is 3.24. The minimum absolute atomic E-state index is 0.167. The minimum Gasteiger partial charge on any atom is -0.486 e. The lowest BCUT2D eigenvalue weighted by molar-refractivity contribution is 0.122. The smallest absolute Gasteiger partial charge is 0.316 e. The zero-order valence-corrected chi connectivity index (χ0v) is 22.0. The van der Waals surface area contributed by atoms with E-state index < -0.39 is 8.25 Å². The van der Waals surface area contributed by atoms with Gasteiger partial charge < -0.3 is 19.1 Å². The van der Waals surface area contributed by atoms with E-state index in [0.717, 1.165) is 28.0 Å². The van der Waals surface area contributed by atoms with Crippen molar-refractivity contribution in [3.8, 4) is 17.0 Å². The monoisotopic (exact) mass is 547 g/mol. The predicted molar refractivity (Wildman–Crippen MR) is 140 cm³/mol. The lowest BCUT2D eigenvalue weighted by Crippen LogP contribution is -2.57. The SMILES string of the molecule is CC(Oc1ccc2[nH]nc(-c3ccc(N4CC(C)(CO[PH](=O)O)C4)nc3)c2c1)c1c(Cl)cncc1Cl. The van der Waals surface area contributed by atoms with Crippen molar-refractivity contribution in [1.29, 1.82) is 0 Å². The fourth-order valence-electron chi connectivity index (χ4n) is 4.44. The predicted octanol–water partition coefficient (Wildman–Crippen LogP) is 5.69. The Hall–Kier alpha value is -2.68. The highest BCUT2D eigenvalue weighted by Gasteiger charge is 2.40. The molecule has 0 saturated carbocycles. The van der Waals surface area contributed by atoms with E-state index in [0.29, 0.717) is 34.4 Å². The molecule has 1 fully saturated rings. The molecular weight excluding hydrogens is 524 g/mol. The van der Waals surface area contributed by atoms with Gasteiger partial charge in [0.15, 0.2) is 0 Å². The van der Waals surface area contributed by atoms with Crippen molar-refractivity contribution >= 4 is 48.2 Å². The number of nitrogens with one attached hydrogen (secondary N) is 1. The third kappa shape index (κ3) is 5.08. The molecule has 36 heavy (non-hydrogen) atoms. The van der Waals surface area contributed by atoms with Crippen LogP contribution in [0.2, 0.25) is 10.0 Å². The lowest BCUT2D eigenvalue weighted by Gasteiger charge is -2.48. The Kier molecular flexibility index (Phi) is 6.94. The molecule has 1 aromatic carbocycles. The number of ether oxygens (including phenoxy) is 1. The second kappa shape index (κ2) is 10.00. The number of hydrogen-bond acceptors (Lipinski definition) is 7. The Labute approximate surface area is 218 Å². The van der Waals surface area contributed by atoms with Gasteiger partial charge in [0.2, 0.25) is 0 Å². The molecule has 0 aliphatic carbocycles. The average molecular weight is 548 g/mol. The Balaban J connectivity index is 1.32. The fraction of sp³-hybridized carbons (Fsp3) is 0.292. The maximum atomic E-state index is 10.9. The Morgan fingerprint density at radius 1 is 1.19 bits per heavy atom. The van der Waals surface area contributed by atoms with Crippen molar-refractivity contribution in [2.45, 2.75) is 20.0 Å². The summed E-state index contributed by atoms with van der Waals surface area (Å²) in [5.74, 6) is 1.48. The second-order valence-electron chi connectivity index (χ2n) is 9.18. The van der Waals surface area contributed by atoms with Crippen molar-refractivity contribution in [3.05, 3.63) is 64.5 Å². The molecule has 2 N–H and O–H groups in total. The molecule has 0 amide bonds. The van der Waals surface area contributed by atoms with Gasteiger partial charge in [0.1, 0.15) is 23.4 Å². The van der Waals surface area contributed by atoms with E-state index in [1.165, 1.54) is 0 Å². The van der Waals surface area contributed by atoms with Crippen LogP contribution in [0, 0.1) is 5.41 Å². The van der Waals surface area contributed by atoms with Crippen LogP contribution >= 0.6 is 31.5 Å². The first-order valence-corrected chi connectivity index (χ1v) is 13.3. The minimum atomic E-state index is -2.92. The first-order chi connectivity index (χ1) is 17.2. The van der Waals surface area contributed by atoms with Crippen LogP contribution < -0.4 is 9.64 Å². The van der Waals surface area contributed by atoms with Crippen LogP contribution in [0.4, 0.5) is 5.82 Å². The van der Waals surface area contributed by atoms with E-state index in [9.17, 15) is 4.57 Å². The molecule has 1 aliphatic rings. The maximum Gasteiger partial charge on any atom is 0.316 e. The number of benzene rings is 1. The van der Waals surface area contributed by atoms with Crippen molar-refractivity contribution < 1.29 is 18.7 Å². The molecule has 1 aliphatic heterocycles. The van der Waals surface area contributed by atoms with Gasteiger partial charge in [-0.2, -0.15) is 5.10 Å². The first kappa shape index (κ1) is 25.0. The van der Waals surface area contributed by atoms with Gasteiger partial charge in [0, 0.05) is 53.6 Å². The highest BCUT2D eigenvalue weighted by Crippen LogP contribution is 2.37. The van der Waals surface area contributed by atoms with Gasteiger partial charge in [0.25, 0.3) is 0 Å². The molecule has 4 aromatic rings.